The smallest absolute Gasteiger partial charge is 0.269 e. The summed E-state index contributed by atoms with van der Waals surface area (Å²) >= 11 is 0. The summed E-state index contributed by atoms with van der Waals surface area (Å²) in [5, 5.41) is 14.4. The van der Waals surface area contributed by atoms with Gasteiger partial charge in [0.25, 0.3) is 11.6 Å². The van der Waals surface area contributed by atoms with Gasteiger partial charge in [0.15, 0.2) is 0 Å². The largest absolute Gasteiger partial charge is 0.272 e. The van der Waals surface area contributed by atoms with Gasteiger partial charge in [0.2, 0.25) is 10.0 Å². The lowest BCUT2D eigenvalue weighted by Gasteiger charge is -2.31. The van der Waals surface area contributed by atoms with Crippen LogP contribution in [0.25, 0.3) is 0 Å². The van der Waals surface area contributed by atoms with Crippen molar-refractivity contribution < 1.29 is 18.1 Å². The fraction of sp³-hybridized carbons (Fsp3) is 0.500. The Labute approximate surface area is 152 Å². The van der Waals surface area contributed by atoms with Crippen molar-refractivity contribution in [1.82, 2.24) is 9.73 Å². The molecule has 0 spiro atoms. The molecule has 0 radical (unpaired) electrons. The van der Waals surface area contributed by atoms with Gasteiger partial charge in [-0.2, -0.15) is 9.41 Å². The van der Waals surface area contributed by atoms with Crippen LogP contribution in [0.3, 0.4) is 0 Å². The fourth-order valence-corrected chi connectivity index (χ4v) is 4.03. The Bertz CT molecular complexity index is 770. The average Bonchev–Trinajstić information content (AvgIpc) is 2.60. The topological polar surface area (TPSA) is 122 Å². The van der Waals surface area contributed by atoms with E-state index in [1.807, 2.05) is 0 Å². The molecule has 1 saturated carbocycles. The zero-order valence-electron chi connectivity index (χ0n) is 14.5. The maximum absolute atomic E-state index is 12.1. The van der Waals surface area contributed by atoms with E-state index in [9.17, 15) is 23.3 Å². The minimum Gasteiger partial charge on any atom is -0.272 e. The van der Waals surface area contributed by atoms with E-state index in [1.165, 1.54) is 34.8 Å². The van der Waals surface area contributed by atoms with Crippen molar-refractivity contribution in [2.24, 2.45) is 5.10 Å². The molecule has 10 heteroatoms. The predicted molar refractivity (Wildman–Crippen MR) is 97.3 cm³/mol. The summed E-state index contributed by atoms with van der Waals surface area (Å²) in [6, 6.07) is 5.51. The van der Waals surface area contributed by atoms with Gasteiger partial charge in [-0.15, -0.1) is 0 Å². The van der Waals surface area contributed by atoms with Gasteiger partial charge in [-0.3, -0.25) is 14.9 Å². The van der Waals surface area contributed by atoms with Gasteiger partial charge in [-0.1, -0.05) is 19.3 Å². The van der Waals surface area contributed by atoms with Crippen molar-refractivity contribution in [2.75, 3.05) is 12.8 Å². The minimum atomic E-state index is -3.49. The second-order valence-electron chi connectivity index (χ2n) is 6.24. The third kappa shape index (κ3) is 5.88. The monoisotopic (exact) mass is 382 g/mol. The molecule has 26 heavy (non-hydrogen) atoms. The number of nitrogens with one attached hydrogen (secondary N) is 1. The number of hydrazone groups is 1. The first-order valence-corrected chi connectivity index (χ1v) is 10.2. The molecule has 0 atom stereocenters. The molecule has 1 N–H and O–H groups in total. The first-order chi connectivity index (χ1) is 12.3. The predicted octanol–water partition coefficient (Wildman–Crippen LogP) is 1.64. The molecule has 2 rings (SSSR count). The summed E-state index contributed by atoms with van der Waals surface area (Å²) in [7, 11) is -3.49. The number of amides is 1. The van der Waals surface area contributed by atoms with Crippen molar-refractivity contribution in [3.63, 3.8) is 0 Å². The highest BCUT2D eigenvalue weighted by Crippen LogP contribution is 2.24. The lowest BCUT2D eigenvalue weighted by atomic mass is 9.95. The van der Waals surface area contributed by atoms with E-state index in [2.05, 4.69) is 10.5 Å². The number of hydrogen-bond acceptors (Lipinski definition) is 6. The number of sulfonamides is 1. The number of non-ortho nitro benzene ring substituents is 1. The lowest BCUT2D eigenvalue weighted by Crippen LogP contribution is -2.45. The van der Waals surface area contributed by atoms with Gasteiger partial charge >= 0.3 is 0 Å². The molecule has 9 nitrogen and oxygen atoms in total. The van der Waals surface area contributed by atoms with Crippen molar-refractivity contribution in [2.45, 2.75) is 38.1 Å². The molecule has 0 heterocycles. The third-order valence-electron chi connectivity index (χ3n) is 4.21. The highest BCUT2D eigenvalue weighted by molar-refractivity contribution is 7.88. The van der Waals surface area contributed by atoms with Crippen molar-refractivity contribution in [3.05, 3.63) is 39.9 Å². The summed E-state index contributed by atoms with van der Waals surface area (Å²) < 4.78 is 25.2. The van der Waals surface area contributed by atoms with E-state index in [0.717, 1.165) is 38.4 Å². The maximum Gasteiger partial charge on any atom is 0.269 e. The van der Waals surface area contributed by atoms with E-state index in [4.69, 9.17) is 0 Å². The van der Waals surface area contributed by atoms with Crippen LogP contribution in [0.1, 0.15) is 37.7 Å². The molecule has 0 saturated heterocycles. The van der Waals surface area contributed by atoms with Crippen LogP contribution in [0.15, 0.2) is 29.4 Å². The summed E-state index contributed by atoms with van der Waals surface area (Å²) in [4.78, 5) is 22.1. The van der Waals surface area contributed by atoms with Gasteiger partial charge in [0.05, 0.1) is 23.9 Å². The quantitative estimate of drug-likeness (QED) is 0.436. The Balaban J connectivity index is 1.94. The van der Waals surface area contributed by atoms with E-state index in [1.54, 1.807) is 0 Å². The van der Waals surface area contributed by atoms with Gasteiger partial charge in [-0.25, -0.2) is 13.8 Å². The van der Waals surface area contributed by atoms with E-state index >= 15 is 0 Å². The number of rotatable bonds is 7. The van der Waals surface area contributed by atoms with Crippen LogP contribution in [0, 0.1) is 10.1 Å². The van der Waals surface area contributed by atoms with Crippen LogP contribution < -0.4 is 5.43 Å². The van der Waals surface area contributed by atoms with Crippen molar-refractivity contribution in [3.8, 4) is 0 Å². The Kier molecular flexibility index (Phi) is 6.81. The molecule has 1 aliphatic rings. The minimum absolute atomic E-state index is 0.0394. The molecule has 1 aromatic rings. The molecule has 1 fully saturated rings. The van der Waals surface area contributed by atoms with Gasteiger partial charge in [-0.05, 0) is 30.5 Å². The molecular formula is C16H22N4O5S. The number of hydrogen-bond donors (Lipinski definition) is 1. The summed E-state index contributed by atoms with van der Waals surface area (Å²) in [6.07, 6.45) is 6.95. The molecule has 0 unspecified atom stereocenters. The number of benzene rings is 1. The zero-order valence-corrected chi connectivity index (χ0v) is 15.3. The Morgan fingerprint density at radius 1 is 1.31 bits per heavy atom. The Morgan fingerprint density at radius 3 is 2.46 bits per heavy atom. The van der Waals surface area contributed by atoms with Crippen LogP contribution in [0.4, 0.5) is 5.69 Å². The molecule has 0 bridgehead atoms. The van der Waals surface area contributed by atoms with Crippen LogP contribution in [0.5, 0.6) is 0 Å². The van der Waals surface area contributed by atoms with E-state index in [-0.39, 0.29) is 18.3 Å². The summed E-state index contributed by atoms with van der Waals surface area (Å²) in [6.45, 7) is -0.277. The SMILES string of the molecule is CS(=O)(=O)N(CC(=O)NN=Cc1ccc([N+](=O)[O-])cc1)C1CCCCC1. The fourth-order valence-electron chi connectivity index (χ4n) is 2.92. The lowest BCUT2D eigenvalue weighted by molar-refractivity contribution is -0.384. The van der Waals surface area contributed by atoms with Crippen LogP contribution in [-0.4, -0.2) is 48.6 Å². The second-order valence-corrected chi connectivity index (χ2v) is 8.18. The highest BCUT2D eigenvalue weighted by Gasteiger charge is 2.29. The van der Waals surface area contributed by atoms with E-state index < -0.39 is 20.9 Å². The molecule has 1 aliphatic carbocycles. The molecule has 142 valence electrons. The highest BCUT2D eigenvalue weighted by atomic mass is 32.2. The number of nitrogens with zero attached hydrogens (tertiary/aromatic N) is 3. The zero-order chi connectivity index (χ0) is 19.2. The summed E-state index contributed by atoms with van der Waals surface area (Å²) in [5.41, 5.74) is 2.83. The maximum atomic E-state index is 12.1. The number of nitro benzene ring substituents is 1. The van der Waals surface area contributed by atoms with Crippen LogP contribution in [0.2, 0.25) is 0 Å². The molecule has 1 amide bonds. The van der Waals surface area contributed by atoms with Gasteiger partial charge in [0, 0.05) is 18.2 Å². The van der Waals surface area contributed by atoms with Crippen molar-refractivity contribution >= 4 is 27.8 Å². The Hall–Kier alpha value is -2.33. The number of nitro groups is 1. The first kappa shape index (κ1) is 20.0. The molecular weight excluding hydrogens is 360 g/mol. The average molecular weight is 382 g/mol. The summed E-state index contributed by atoms with van der Waals surface area (Å²) in [5.74, 6) is -0.529. The van der Waals surface area contributed by atoms with E-state index in [0.29, 0.717) is 5.56 Å². The van der Waals surface area contributed by atoms with Crippen LogP contribution >= 0.6 is 0 Å². The molecule has 0 aliphatic heterocycles. The standard InChI is InChI=1S/C16H22N4O5S/c1-26(24,25)19(14-5-3-2-4-6-14)12-16(21)18-17-11-13-7-9-15(10-8-13)20(22)23/h7-11,14H,2-6,12H2,1H3,(H,18,21). The molecule has 1 aromatic carbocycles. The van der Waals surface area contributed by atoms with Gasteiger partial charge < -0.3 is 0 Å². The van der Waals surface area contributed by atoms with Gasteiger partial charge in [0.1, 0.15) is 0 Å². The normalized spacial score (nSPS) is 16.1. The van der Waals surface area contributed by atoms with Crippen molar-refractivity contribution in [1.29, 1.82) is 0 Å². The van der Waals surface area contributed by atoms with Crippen LogP contribution in [-0.2, 0) is 14.8 Å². The number of carbonyl (C=O) groups excluding carboxylic acids is 1. The first-order valence-electron chi connectivity index (χ1n) is 8.30. The second kappa shape index (κ2) is 8.86. The third-order valence-corrected chi connectivity index (χ3v) is 5.49. The number of carbonyl (C=O) groups is 1. The molecule has 0 aromatic heterocycles. The Morgan fingerprint density at radius 2 is 1.92 bits per heavy atom.